The van der Waals surface area contributed by atoms with E-state index in [9.17, 15) is 18.0 Å². The van der Waals surface area contributed by atoms with Crippen LogP contribution in [0.4, 0.5) is 18.9 Å². The van der Waals surface area contributed by atoms with Crippen LogP contribution in [0.15, 0.2) is 46.8 Å². The Hall–Kier alpha value is -2.30. The van der Waals surface area contributed by atoms with Crippen LogP contribution >= 0.6 is 22.9 Å². The van der Waals surface area contributed by atoms with Crippen LogP contribution in [0.25, 0.3) is 0 Å². The zero-order valence-corrected chi connectivity index (χ0v) is 12.9. The van der Waals surface area contributed by atoms with Crippen LogP contribution in [0, 0.1) is 11.3 Å². The number of ketones is 1. The highest BCUT2D eigenvalue weighted by Gasteiger charge is 2.30. The van der Waals surface area contributed by atoms with E-state index in [0.717, 1.165) is 24.4 Å². The second-order valence-electron chi connectivity index (χ2n) is 4.35. The Morgan fingerprint density at radius 3 is 2.61 bits per heavy atom. The number of benzene rings is 1. The molecule has 2 rings (SSSR count). The first-order valence-corrected chi connectivity index (χ1v) is 7.45. The maximum Gasteiger partial charge on any atom is 0.416 e. The molecule has 0 fully saturated rings. The fourth-order valence-electron chi connectivity index (χ4n) is 1.66. The number of nitrogens with one attached hydrogen (secondary N) is 1. The van der Waals surface area contributed by atoms with Gasteiger partial charge in [0.2, 0.25) is 5.78 Å². The van der Waals surface area contributed by atoms with Crippen molar-refractivity contribution in [2.45, 2.75) is 6.18 Å². The van der Waals surface area contributed by atoms with E-state index in [-0.39, 0.29) is 16.3 Å². The van der Waals surface area contributed by atoms with Crippen molar-refractivity contribution in [1.29, 1.82) is 5.26 Å². The summed E-state index contributed by atoms with van der Waals surface area (Å²) in [5.74, 6) is -0.482. The highest BCUT2D eigenvalue weighted by Crippen LogP contribution is 2.33. The SMILES string of the molecule is N#C/C(=C\Nc1ccc(C(F)(F)F)cc1Cl)C(=O)c1ccsc1. The van der Waals surface area contributed by atoms with Gasteiger partial charge in [0.1, 0.15) is 11.6 Å². The fraction of sp³-hybridized carbons (Fsp3) is 0.0667. The Kier molecular flexibility index (Phi) is 5.08. The number of allylic oxidation sites excluding steroid dienone is 1. The van der Waals surface area contributed by atoms with Crippen molar-refractivity contribution in [2.24, 2.45) is 0 Å². The topological polar surface area (TPSA) is 52.9 Å². The number of alkyl halides is 3. The van der Waals surface area contributed by atoms with Crippen molar-refractivity contribution < 1.29 is 18.0 Å². The molecule has 2 aromatic rings. The molecule has 0 saturated carbocycles. The molecule has 0 spiro atoms. The maximum atomic E-state index is 12.6. The average Bonchev–Trinajstić information content (AvgIpc) is 3.02. The molecule has 0 atom stereocenters. The van der Waals surface area contributed by atoms with Crippen molar-refractivity contribution >= 4 is 34.4 Å². The number of thiophene rings is 1. The summed E-state index contributed by atoms with van der Waals surface area (Å²) in [5.41, 5.74) is -0.542. The number of nitriles is 1. The van der Waals surface area contributed by atoms with E-state index >= 15 is 0 Å². The number of anilines is 1. The summed E-state index contributed by atoms with van der Waals surface area (Å²) in [4.78, 5) is 12.0. The summed E-state index contributed by atoms with van der Waals surface area (Å²) in [6.07, 6.45) is -3.38. The minimum absolute atomic E-state index is 0.158. The van der Waals surface area contributed by atoms with Gasteiger partial charge in [-0.15, -0.1) is 0 Å². The molecule has 1 aromatic heterocycles. The molecule has 0 bridgehead atoms. The monoisotopic (exact) mass is 356 g/mol. The zero-order chi connectivity index (χ0) is 17.0. The number of carbonyl (C=O) groups excluding carboxylic acids is 1. The molecule has 1 N–H and O–H groups in total. The summed E-state index contributed by atoms with van der Waals surface area (Å²) < 4.78 is 37.7. The van der Waals surface area contributed by atoms with Gasteiger partial charge in [-0.05, 0) is 29.6 Å². The van der Waals surface area contributed by atoms with Crippen LogP contribution in [0.1, 0.15) is 15.9 Å². The third-order valence-corrected chi connectivity index (χ3v) is 3.81. The molecule has 0 aliphatic carbocycles. The first-order chi connectivity index (χ1) is 10.8. The van der Waals surface area contributed by atoms with Gasteiger partial charge in [0.15, 0.2) is 0 Å². The molecule has 0 radical (unpaired) electrons. The predicted octanol–water partition coefficient (Wildman–Crippen LogP) is 5.12. The Morgan fingerprint density at radius 2 is 2.09 bits per heavy atom. The van der Waals surface area contributed by atoms with E-state index < -0.39 is 17.5 Å². The van der Waals surface area contributed by atoms with E-state index in [4.69, 9.17) is 16.9 Å². The molecule has 8 heteroatoms. The van der Waals surface area contributed by atoms with E-state index in [1.54, 1.807) is 22.9 Å². The molecule has 118 valence electrons. The fourth-order valence-corrected chi connectivity index (χ4v) is 2.53. The van der Waals surface area contributed by atoms with Crippen LogP contribution in [0.5, 0.6) is 0 Å². The van der Waals surface area contributed by atoms with Gasteiger partial charge in [0.05, 0.1) is 16.3 Å². The summed E-state index contributed by atoms with van der Waals surface area (Å²) >= 11 is 7.09. The first kappa shape index (κ1) is 17.1. The number of Topliss-reactive ketones (excluding diaryl/α,β-unsaturated/α-hetero) is 1. The third-order valence-electron chi connectivity index (χ3n) is 2.82. The van der Waals surface area contributed by atoms with Gasteiger partial charge >= 0.3 is 6.18 Å². The molecule has 3 nitrogen and oxygen atoms in total. The lowest BCUT2D eigenvalue weighted by atomic mass is 10.1. The van der Waals surface area contributed by atoms with E-state index in [1.807, 2.05) is 0 Å². The molecule has 1 aromatic carbocycles. The van der Waals surface area contributed by atoms with Gasteiger partial charge in [-0.3, -0.25) is 4.79 Å². The number of nitrogens with zero attached hydrogens (tertiary/aromatic N) is 1. The van der Waals surface area contributed by atoms with Crippen LogP contribution in [0.3, 0.4) is 0 Å². The van der Waals surface area contributed by atoms with Crippen LogP contribution in [-0.4, -0.2) is 5.78 Å². The predicted molar refractivity (Wildman–Crippen MR) is 82.4 cm³/mol. The number of halogens is 4. The van der Waals surface area contributed by atoms with Gasteiger partial charge < -0.3 is 5.32 Å². The molecule has 0 saturated heterocycles. The maximum absolute atomic E-state index is 12.6. The molecule has 0 aliphatic heterocycles. The molecular formula is C15H8ClF3N2OS. The van der Waals surface area contributed by atoms with Crippen LogP contribution < -0.4 is 5.32 Å². The summed E-state index contributed by atoms with van der Waals surface area (Å²) in [7, 11) is 0. The van der Waals surface area contributed by atoms with E-state index in [2.05, 4.69) is 5.32 Å². The van der Waals surface area contributed by atoms with Gasteiger partial charge in [0, 0.05) is 17.1 Å². The minimum atomic E-state index is -4.50. The van der Waals surface area contributed by atoms with Gasteiger partial charge in [-0.1, -0.05) is 11.6 Å². The molecule has 0 unspecified atom stereocenters. The highest BCUT2D eigenvalue weighted by atomic mass is 35.5. The third kappa shape index (κ3) is 4.12. The van der Waals surface area contributed by atoms with Crippen molar-refractivity contribution in [2.75, 3.05) is 5.32 Å². The van der Waals surface area contributed by atoms with Crippen LogP contribution in [-0.2, 0) is 6.18 Å². The lowest BCUT2D eigenvalue weighted by molar-refractivity contribution is -0.137. The summed E-state index contributed by atoms with van der Waals surface area (Å²) in [5, 5.41) is 14.7. The zero-order valence-electron chi connectivity index (χ0n) is 11.3. The van der Waals surface area contributed by atoms with E-state index in [1.165, 1.54) is 11.3 Å². The smallest absolute Gasteiger partial charge is 0.359 e. The quantitative estimate of drug-likeness (QED) is 0.470. The minimum Gasteiger partial charge on any atom is -0.359 e. The van der Waals surface area contributed by atoms with Crippen molar-refractivity contribution in [3.63, 3.8) is 0 Å². The van der Waals surface area contributed by atoms with Crippen molar-refractivity contribution in [3.8, 4) is 6.07 Å². The second kappa shape index (κ2) is 6.86. The number of hydrogen-bond acceptors (Lipinski definition) is 4. The Bertz CT molecular complexity index is 792. The molecule has 1 heterocycles. The lowest BCUT2D eigenvalue weighted by Gasteiger charge is -2.10. The molecule has 23 heavy (non-hydrogen) atoms. The number of carbonyl (C=O) groups is 1. The van der Waals surface area contributed by atoms with Crippen molar-refractivity contribution in [3.05, 3.63) is 62.9 Å². The number of hydrogen-bond donors (Lipinski definition) is 1. The standard InChI is InChI=1S/C15H8ClF3N2OS/c16-12-5-11(15(17,18)19)1-2-13(12)21-7-10(6-20)14(22)9-3-4-23-8-9/h1-5,7-8,21H/b10-7+. The molecule has 0 amide bonds. The Morgan fingerprint density at radius 1 is 1.35 bits per heavy atom. The average molecular weight is 357 g/mol. The Balaban J connectivity index is 2.22. The largest absolute Gasteiger partial charge is 0.416 e. The Labute approximate surface area is 138 Å². The molecule has 0 aliphatic rings. The molecular weight excluding hydrogens is 349 g/mol. The summed E-state index contributed by atoms with van der Waals surface area (Å²) in [6, 6.07) is 6.07. The van der Waals surface area contributed by atoms with Crippen LogP contribution in [0.2, 0.25) is 5.02 Å². The normalized spacial score (nSPS) is 11.9. The highest BCUT2D eigenvalue weighted by molar-refractivity contribution is 7.08. The lowest BCUT2D eigenvalue weighted by Crippen LogP contribution is -2.06. The summed E-state index contributed by atoms with van der Waals surface area (Å²) in [6.45, 7) is 0. The van der Waals surface area contributed by atoms with E-state index in [0.29, 0.717) is 5.56 Å². The van der Waals surface area contributed by atoms with Gasteiger partial charge in [-0.25, -0.2) is 0 Å². The van der Waals surface area contributed by atoms with Crippen molar-refractivity contribution in [1.82, 2.24) is 0 Å². The van der Waals surface area contributed by atoms with Gasteiger partial charge in [-0.2, -0.15) is 29.8 Å². The van der Waals surface area contributed by atoms with Gasteiger partial charge in [0.25, 0.3) is 0 Å². The second-order valence-corrected chi connectivity index (χ2v) is 5.53. The first-order valence-electron chi connectivity index (χ1n) is 6.13. The number of rotatable bonds is 4.